The minimum Gasteiger partial charge on any atom is -0.476 e. The van der Waals surface area contributed by atoms with E-state index in [2.05, 4.69) is 37.9 Å². The maximum Gasteiger partial charge on any atom is 0.374 e. The lowest BCUT2D eigenvalue weighted by Gasteiger charge is -2.22. The number of carboxylic acid groups (broad SMARTS) is 1. The minimum absolute atomic E-state index is 0.727. The molecule has 0 heterocycles. The van der Waals surface area contributed by atoms with Gasteiger partial charge in [-0.1, -0.05) is 25.2 Å². The molecule has 0 rings (SSSR count). The minimum atomic E-state index is -1.05. The second-order valence-electron chi connectivity index (χ2n) is 2.68. The van der Waals surface area contributed by atoms with Crippen molar-refractivity contribution in [2.24, 2.45) is 0 Å². The maximum absolute atomic E-state index is 10.6. The summed E-state index contributed by atoms with van der Waals surface area (Å²) < 4.78 is 0.0880. The Labute approximate surface area is 81.9 Å². The number of nitrogens with zero attached hydrogens (tertiary/aromatic N) is 1. The zero-order valence-corrected chi connectivity index (χ0v) is 8.67. The SMILES string of the molecule is CC(C)(S)[C@@H](C(=O)O)[N+](=S)[S-]. The second kappa shape index (κ2) is 3.64. The Balaban J connectivity index is 4.63. The third kappa shape index (κ3) is 3.31. The van der Waals surface area contributed by atoms with Crippen molar-refractivity contribution in [2.75, 3.05) is 0 Å². The Kier molecular flexibility index (Phi) is 3.66. The summed E-state index contributed by atoms with van der Waals surface area (Å²) in [5.41, 5.74) is 0. The van der Waals surface area contributed by atoms with Gasteiger partial charge in [0.05, 0.1) is 4.75 Å². The van der Waals surface area contributed by atoms with Crippen LogP contribution in [0.2, 0.25) is 0 Å². The summed E-state index contributed by atoms with van der Waals surface area (Å²) >= 11 is 13.2. The van der Waals surface area contributed by atoms with Crippen LogP contribution in [0.5, 0.6) is 0 Å². The zero-order chi connectivity index (χ0) is 9.23. The molecule has 0 aromatic heterocycles. The smallest absolute Gasteiger partial charge is 0.374 e. The zero-order valence-electron chi connectivity index (χ0n) is 6.14. The number of carbonyl (C=O) groups is 1. The average Bonchev–Trinajstić information content (AvgIpc) is 1.54. The van der Waals surface area contributed by atoms with E-state index in [-0.39, 0.29) is 0 Å². The molecule has 0 spiro atoms. The topological polar surface area (TPSA) is 40.3 Å². The van der Waals surface area contributed by atoms with Gasteiger partial charge in [0, 0.05) is 0 Å². The van der Waals surface area contributed by atoms with Crippen molar-refractivity contribution in [3.05, 3.63) is 0 Å². The Morgan fingerprint density at radius 1 is 1.82 bits per heavy atom. The lowest BCUT2D eigenvalue weighted by atomic mass is 10.1. The summed E-state index contributed by atoms with van der Waals surface area (Å²) in [4.78, 5) is 10.6. The molecule has 0 unspecified atom stereocenters. The molecule has 1 N–H and O–H groups in total. The van der Waals surface area contributed by atoms with Crippen molar-refractivity contribution >= 4 is 43.8 Å². The van der Waals surface area contributed by atoms with Crippen molar-refractivity contribution in [3.63, 3.8) is 0 Å². The Morgan fingerprint density at radius 3 is 2.18 bits per heavy atom. The predicted octanol–water partition coefficient (Wildman–Crippen LogP) is 0.353. The fraction of sp³-hybridized carbons (Fsp3) is 0.800. The summed E-state index contributed by atoms with van der Waals surface area (Å²) in [7, 11) is 0. The normalized spacial score (nSPS) is 14.1. The molecule has 0 aromatic rings. The van der Waals surface area contributed by atoms with Crippen LogP contribution in [0.25, 0.3) is 0 Å². The highest BCUT2D eigenvalue weighted by atomic mass is 32.2. The first-order chi connectivity index (χ1) is 4.76. The lowest BCUT2D eigenvalue weighted by Crippen LogP contribution is -2.44. The molecular formula is C5H9NO2S3. The number of hydrogen-bond acceptors (Lipinski definition) is 4. The van der Waals surface area contributed by atoms with E-state index in [4.69, 9.17) is 5.11 Å². The van der Waals surface area contributed by atoms with Crippen molar-refractivity contribution in [1.29, 1.82) is 0 Å². The van der Waals surface area contributed by atoms with E-state index in [1.807, 2.05) is 0 Å². The van der Waals surface area contributed by atoms with E-state index in [1.54, 1.807) is 13.8 Å². The number of thiol groups is 1. The highest BCUT2D eigenvalue weighted by Crippen LogP contribution is 2.19. The maximum atomic E-state index is 10.6. The Hall–Kier alpha value is 0.0600. The van der Waals surface area contributed by atoms with E-state index in [9.17, 15) is 4.79 Å². The van der Waals surface area contributed by atoms with Gasteiger partial charge in [-0.25, -0.2) is 8.15 Å². The summed E-state index contributed by atoms with van der Waals surface area (Å²) in [6.07, 6.45) is 0. The van der Waals surface area contributed by atoms with Crippen LogP contribution in [-0.4, -0.2) is 25.2 Å². The number of aliphatic carboxylic acids is 1. The van der Waals surface area contributed by atoms with Crippen LogP contribution in [0.1, 0.15) is 13.8 Å². The van der Waals surface area contributed by atoms with Crippen LogP contribution >= 0.6 is 12.6 Å². The van der Waals surface area contributed by atoms with E-state index >= 15 is 0 Å². The fourth-order valence-electron chi connectivity index (χ4n) is 0.650. The van der Waals surface area contributed by atoms with Crippen molar-refractivity contribution < 1.29 is 13.3 Å². The molecule has 0 amide bonds. The first-order valence-corrected chi connectivity index (χ1v) is 4.03. The standard InChI is InChI=1S/C5H9NO2S3/c1-5(2,9)3(4(7)8)6(10)11/h3,9H,1-2H3,(H,7,8)/t3-/m1/s1. The molecule has 0 fully saturated rings. The van der Waals surface area contributed by atoms with E-state index < -0.39 is 16.8 Å². The first kappa shape index (κ1) is 11.1. The number of hydrogen-bond donors (Lipinski definition) is 2. The quantitative estimate of drug-likeness (QED) is 0.401. The largest absolute Gasteiger partial charge is 0.476 e. The molecular weight excluding hydrogens is 202 g/mol. The summed E-state index contributed by atoms with van der Waals surface area (Å²) in [6.45, 7) is 3.31. The van der Waals surface area contributed by atoms with E-state index in [1.165, 1.54) is 0 Å². The lowest BCUT2D eigenvalue weighted by molar-refractivity contribution is -0.362. The summed E-state index contributed by atoms with van der Waals surface area (Å²) in [5.74, 6) is -1.05. The molecule has 0 radical (unpaired) electrons. The molecule has 1 atom stereocenters. The van der Waals surface area contributed by atoms with Crippen LogP contribution in [0.15, 0.2) is 0 Å². The third-order valence-corrected chi connectivity index (χ3v) is 1.78. The highest BCUT2D eigenvalue weighted by Gasteiger charge is 2.38. The summed E-state index contributed by atoms with van der Waals surface area (Å²) in [6, 6.07) is -0.921. The van der Waals surface area contributed by atoms with Gasteiger partial charge in [0.25, 0.3) is 6.04 Å². The third-order valence-electron chi connectivity index (χ3n) is 1.11. The molecule has 0 bridgehead atoms. The number of carboxylic acids is 1. The molecule has 0 aliphatic heterocycles. The fourth-order valence-corrected chi connectivity index (χ4v) is 1.74. The second-order valence-corrected chi connectivity index (χ2v) is 4.85. The molecule has 0 saturated carbocycles. The molecule has 64 valence electrons. The van der Waals surface area contributed by atoms with Crippen molar-refractivity contribution in [3.8, 4) is 0 Å². The van der Waals surface area contributed by atoms with Gasteiger partial charge >= 0.3 is 5.97 Å². The van der Waals surface area contributed by atoms with Gasteiger partial charge in [0.1, 0.15) is 0 Å². The molecule has 11 heavy (non-hydrogen) atoms. The van der Waals surface area contributed by atoms with Crippen molar-refractivity contribution in [2.45, 2.75) is 24.6 Å². The van der Waals surface area contributed by atoms with Gasteiger partial charge in [-0.15, -0.1) is 0 Å². The van der Waals surface area contributed by atoms with Crippen molar-refractivity contribution in [1.82, 2.24) is 0 Å². The van der Waals surface area contributed by atoms with Gasteiger partial charge in [0.15, 0.2) is 0 Å². The number of rotatable bonds is 3. The predicted molar refractivity (Wildman–Crippen MR) is 49.5 cm³/mol. The summed E-state index contributed by atoms with van der Waals surface area (Å²) in [5, 5.41) is 8.66. The molecule has 0 aromatic carbocycles. The van der Waals surface area contributed by atoms with Gasteiger partial charge in [-0.3, -0.25) is 0 Å². The first-order valence-electron chi connectivity index (χ1n) is 2.85. The molecule has 0 aliphatic carbocycles. The Bertz CT molecular complexity index is 173. The highest BCUT2D eigenvalue weighted by molar-refractivity contribution is 7.81. The van der Waals surface area contributed by atoms with Crippen LogP contribution in [0.4, 0.5) is 0 Å². The van der Waals surface area contributed by atoms with Gasteiger partial charge < -0.3 is 5.11 Å². The van der Waals surface area contributed by atoms with Gasteiger partial charge in [-0.05, 0) is 13.8 Å². The van der Waals surface area contributed by atoms with Crippen LogP contribution in [-0.2, 0) is 30.0 Å². The molecule has 3 nitrogen and oxygen atoms in total. The van der Waals surface area contributed by atoms with Crippen LogP contribution < -0.4 is 0 Å². The van der Waals surface area contributed by atoms with Gasteiger partial charge in [-0.2, -0.15) is 12.6 Å². The van der Waals surface area contributed by atoms with E-state index in [0.29, 0.717) is 0 Å². The Morgan fingerprint density at radius 2 is 2.18 bits per heavy atom. The van der Waals surface area contributed by atoms with Crippen LogP contribution in [0.3, 0.4) is 0 Å². The average molecular weight is 211 g/mol. The monoisotopic (exact) mass is 211 g/mol. The molecule has 6 heteroatoms. The molecule has 0 aliphatic rings. The van der Waals surface area contributed by atoms with Gasteiger partial charge in [0.2, 0.25) is 0 Å². The van der Waals surface area contributed by atoms with E-state index in [0.717, 1.165) is 3.35 Å². The van der Waals surface area contributed by atoms with Crippen LogP contribution in [0, 0.1) is 0 Å². The molecule has 0 saturated heterocycles.